The molecular formula is C76H118O6. The second-order valence-corrected chi connectivity index (χ2v) is 20.9. The summed E-state index contributed by atoms with van der Waals surface area (Å²) in [4.78, 5) is 38.3. The van der Waals surface area contributed by atoms with Crippen molar-refractivity contribution in [3.8, 4) is 0 Å². The zero-order valence-corrected chi connectivity index (χ0v) is 52.4. The van der Waals surface area contributed by atoms with E-state index in [9.17, 15) is 14.4 Å². The molecule has 0 aliphatic heterocycles. The van der Waals surface area contributed by atoms with Crippen LogP contribution in [0, 0.1) is 0 Å². The molecule has 0 heterocycles. The van der Waals surface area contributed by atoms with E-state index < -0.39 is 12.1 Å². The standard InChI is InChI=1S/C76H118O6/c1-4-7-10-13-16-19-22-25-28-30-32-33-34-35-36-37-38-39-40-41-42-43-44-46-48-51-54-57-60-63-66-69-75(78)81-72-73(71-80-74(77)68-65-62-59-56-53-50-47-27-24-21-18-15-12-9-6-3)82-76(79)70-67-64-61-58-55-52-49-45-31-29-26-23-20-17-14-11-8-5-2/h7,9-10,12,16,18-19,21,25,27-29,31-33,35-36,38-39,41-42,44,46-47,51,53-54,56,62,65,73H,4-6,8,11,13-15,17,20,22-24,26,30,34,37,40,43,45,48-50,52,55,57-61,63-64,66-72H2,1-3H3/b10-7-,12-9-,19-16-,21-18-,28-25-,31-29-,33-32-,36-35-,39-38-,42-41-,46-44-,47-27-,54-51-,56-53-,65-62-. The molecule has 0 aromatic carbocycles. The monoisotopic (exact) mass is 1130 g/mol. The number of hydrogen-bond acceptors (Lipinski definition) is 6. The Bertz CT molecular complexity index is 1920. The molecule has 0 amide bonds. The van der Waals surface area contributed by atoms with Gasteiger partial charge in [0, 0.05) is 12.8 Å². The maximum Gasteiger partial charge on any atom is 0.309 e. The number of esters is 3. The summed E-state index contributed by atoms with van der Waals surface area (Å²) in [5, 5.41) is 0. The number of carbonyl (C=O) groups excluding carboxylic acids is 3. The van der Waals surface area contributed by atoms with Crippen molar-refractivity contribution in [1.82, 2.24) is 0 Å². The van der Waals surface area contributed by atoms with Gasteiger partial charge in [-0.05, 0) is 141 Å². The maximum atomic E-state index is 12.9. The molecule has 6 heteroatoms. The molecule has 1 atom stereocenters. The molecule has 6 nitrogen and oxygen atoms in total. The van der Waals surface area contributed by atoms with E-state index in [1.54, 1.807) is 6.08 Å². The first-order valence-corrected chi connectivity index (χ1v) is 32.8. The van der Waals surface area contributed by atoms with Gasteiger partial charge in [-0.2, -0.15) is 0 Å². The lowest BCUT2D eigenvalue weighted by atomic mass is 10.1. The smallest absolute Gasteiger partial charge is 0.309 e. The summed E-state index contributed by atoms with van der Waals surface area (Å²) in [6.07, 6.45) is 102. The third kappa shape index (κ3) is 65.3. The molecule has 458 valence electrons. The molecule has 0 aliphatic rings. The molecule has 0 fully saturated rings. The van der Waals surface area contributed by atoms with Crippen LogP contribution >= 0.6 is 0 Å². The Morgan fingerprint density at radius 1 is 0.268 bits per heavy atom. The molecule has 0 N–H and O–H groups in total. The van der Waals surface area contributed by atoms with E-state index in [1.807, 2.05) is 6.08 Å². The number of rotatable bonds is 57. The fourth-order valence-electron chi connectivity index (χ4n) is 8.33. The minimum atomic E-state index is -0.845. The molecule has 0 aliphatic carbocycles. The highest BCUT2D eigenvalue weighted by atomic mass is 16.6. The first-order valence-electron chi connectivity index (χ1n) is 32.8. The van der Waals surface area contributed by atoms with Gasteiger partial charge in [0.25, 0.3) is 0 Å². The van der Waals surface area contributed by atoms with Crippen LogP contribution in [0.4, 0.5) is 0 Å². The summed E-state index contributed by atoms with van der Waals surface area (Å²) < 4.78 is 16.8. The summed E-state index contributed by atoms with van der Waals surface area (Å²) in [7, 11) is 0. The van der Waals surface area contributed by atoms with Crippen molar-refractivity contribution >= 4 is 17.9 Å². The lowest BCUT2D eigenvalue weighted by molar-refractivity contribution is -0.166. The third-order valence-electron chi connectivity index (χ3n) is 13.2. The first-order chi connectivity index (χ1) is 40.5. The Morgan fingerprint density at radius 2 is 0.524 bits per heavy atom. The predicted molar refractivity (Wildman–Crippen MR) is 357 cm³/mol. The van der Waals surface area contributed by atoms with Crippen molar-refractivity contribution in [2.45, 2.75) is 264 Å². The van der Waals surface area contributed by atoms with Crippen LogP contribution in [0.15, 0.2) is 182 Å². The maximum absolute atomic E-state index is 12.9. The van der Waals surface area contributed by atoms with Gasteiger partial charge in [-0.1, -0.05) is 280 Å². The number of hydrogen-bond donors (Lipinski definition) is 0. The van der Waals surface area contributed by atoms with Crippen LogP contribution in [0.3, 0.4) is 0 Å². The van der Waals surface area contributed by atoms with E-state index in [0.717, 1.165) is 135 Å². The van der Waals surface area contributed by atoms with Crippen LogP contribution in [0.2, 0.25) is 0 Å². The summed E-state index contributed by atoms with van der Waals surface area (Å²) in [5.74, 6) is -1.11. The average molecular weight is 1130 g/mol. The highest BCUT2D eigenvalue weighted by Gasteiger charge is 2.19. The first kappa shape index (κ1) is 76.5. The van der Waals surface area contributed by atoms with Crippen LogP contribution in [0.1, 0.15) is 258 Å². The van der Waals surface area contributed by atoms with Crippen LogP contribution in [0.5, 0.6) is 0 Å². The van der Waals surface area contributed by atoms with Crippen molar-refractivity contribution in [2.24, 2.45) is 0 Å². The normalized spacial score (nSPS) is 13.4. The zero-order chi connectivity index (χ0) is 59.2. The second-order valence-electron chi connectivity index (χ2n) is 20.9. The lowest BCUT2D eigenvalue weighted by Crippen LogP contribution is -2.30. The number of unbranched alkanes of at least 4 members (excludes halogenated alkanes) is 17. The van der Waals surface area contributed by atoms with Crippen molar-refractivity contribution in [1.29, 1.82) is 0 Å². The Morgan fingerprint density at radius 3 is 0.878 bits per heavy atom. The predicted octanol–water partition coefficient (Wildman–Crippen LogP) is 22.8. The number of allylic oxidation sites excluding steroid dienone is 29. The lowest BCUT2D eigenvalue weighted by Gasteiger charge is -2.18. The fourth-order valence-corrected chi connectivity index (χ4v) is 8.33. The Kier molecular flexibility index (Phi) is 63.5. The molecule has 0 aromatic heterocycles. The van der Waals surface area contributed by atoms with Gasteiger partial charge in [0.15, 0.2) is 6.10 Å². The third-order valence-corrected chi connectivity index (χ3v) is 13.2. The van der Waals surface area contributed by atoms with Gasteiger partial charge in [-0.15, -0.1) is 0 Å². The fraction of sp³-hybridized carbons (Fsp3) is 0.566. The molecule has 1 unspecified atom stereocenters. The average Bonchev–Trinajstić information content (AvgIpc) is 3.47. The van der Waals surface area contributed by atoms with Crippen LogP contribution in [-0.4, -0.2) is 37.2 Å². The highest BCUT2D eigenvalue weighted by Crippen LogP contribution is 2.14. The van der Waals surface area contributed by atoms with E-state index in [-0.39, 0.29) is 38.0 Å². The Labute approximate surface area is 504 Å². The minimum absolute atomic E-state index is 0.111. The van der Waals surface area contributed by atoms with Gasteiger partial charge >= 0.3 is 17.9 Å². The molecule has 0 rings (SSSR count). The van der Waals surface area contributed by atoms with Gasteiger partial charge < -0.3 is 14.2 Å². The summed E-state index contributed by atoms with van der Waals surface area (Å²) in [5.41, 5.74) is 0. The zero-order valence-electron chi connectivity index (χ0n) is 52.4. The minimum Gasteiger partial charge on any atom is -0.462 e. The molecule has 0 bridgehead atoms. The van der Waals surface area contributed by atoms with Gasteiger partial charge in [0.1, 0.15) is 13.2 Å². The second kappa shape index (κ2) is 68.0. The van der Waals surface area contributed by atoms with Crippen LogP contribution in [0.25, 0.3) is 0 Å². The highest BCUT2D eigenvalue weighted by molar-refractivity contribution is 5.72. The largest absolute Gasteiger partial charge is 0.462 e. The molecular weight excluding hydrogens is 1010 g/mol. The quantitative estimate of drug-likeness (QED) is 0.0261. The molecule has 0 saturated carbocycles. The summed E-state index contributed by atoms with van der Waals surface area (Å²) in [6.45, 7) is 6.28. The van der Waals surface area contributed by atoms with E-state index >= 15 is 0 Å². The van der Waals surface area contributed by atoms with Gasteiger partial charge in [-0.3, -0.25) is 14.4 Å². The summed E-state index contributed by atoms with van der Waals surface area (Å²) in [6, 6.07) is 0. The van der Waals surface area contributed by atoms with Crippen molar-refractivity contribution in [2.75, 3.05) is 13.2 Å². The van der Waals surface area contributed by atoms with Crippen molar-refractivity contribution < 1.29 is 28.6 Å². The summed E-state index contributed by atoms with van der Waals surface area (Å²) >= 11 is 0. The van der Waals surface area contributed by atoms with E-state index in [0.29, 0.717) is 6.42 Å². The Balaban J connectivity index is 4.50. The Hall–Kier alpha value is -5.49. The van der Waals surface area contributed by atoms with E-state index in [1.165, 1.54) is 83.5 Å². The molecule has 0 saturated heterocycles. The van der Waals surface area contributed by atoms with Gasteiger partial charge in [0.2, 0.25) is 0 Å². The SMILES string of the molecule is CC/C=C\C/C=C\C/C=C\C/C=C\C/C=C\C/C=C\C/C=C\C/C=C\C/C=C\CCCCCC(=O)OCC(COC(=O)C/C=C\C/C=C\C/C=C\C/C=C\C/C=C\CC)OC(=O)CCCCCCCCC/C=C\CCCCCCCCC. The van der Waals surface area contributed by atoms with Crippen molar-refractivity contribution in [3.63, 3.8) is 0 Å². The van der Waals surface area contributed by atoms with Crippen LogP contribution < -0.4 is 0 Å². The van der Waals surface area contributed by atoms with E-state index in [2.05, 4.69) is 191 Å². The topological polar surface area (TPSA) is 78.9 Å². The molecule has 0 radical (unpaired) electrons. The van der Waals surface area contributed by atoms with Crippen molar-refractivity contribution in [3.05, 3.63) is 182 Å². The van der Waals surface area contributed by atoms with Gasteiger partial charge in [-0.25, -0.2) is 0 Å². The molecule has 82 heavy (non-hydrogen) atoms. The molecule has 0 spiro atoms. The van der Waals surface area contributed by atoms with Crippen LogP contribution in [-0.2, 0) is 28.6 Å². The number of ether oxygens (including phenoxy) is 3. The molecule has 0 aromatic rings. The number of carbonyl (C=O) groups is 3. The van der Waals surface area contributed by atoms with E-state index in [4.69, 9.17) is 14.2 Å². The van der Waals surface area contributed by atoms with Gasteiger partial charge in [0.05, 0.1) is 6.42 Å².